The number of nitrogens with zero attached hydrogens (tertiary/aromatic N) is 2. The van der Waals surface area contributed by atoms with Crippen LogP contribution < -0.4 is 5.73 Å². The topological polar surface area (TPSA) is 50.7 Å². The van der Waals surface area contributed by atoms with Crippen molar-refractivity contribution in [2.75, 3.05) is 0 Å². The average Bonchev–Trinajstić information content (AvgIpc) is 2.51. The van der Waals surface area contributed by atoms with E-state index in [2.05, 4.69) is 26.1 Å². The largest absolute Gasteiger partial charge is 0.386 e. The maximum atomic E-state index is 13.6. The average molecular weight is 346 g/mol. The Bertz CT molecular complexity index is 726. The molecule has 0 aromatic heterocycles. The Kier molecular flexibility index (Phi) is 3.84. The summed E-state index contributed by atoms with van der Waals surface area (Å²) in [4.78, 5) is 0. The lowest BCUT2D eigenvalue weighted by Crippen LogP contribution is -2.26. The molecule has 2 N–H and O–H groups in total. The van der Waals surface area contributed by atoms with Gasteiger partial charge < -0.3 is 5.73 Å². The van der Waals surface area contributed by atoms with Gasteiger partial charge in [-0.25, -0.2) is 4.39 Å². The molecule has 0 spiro atoms. The molecule has 0 amide bonds. The Labute approximate surface area is 130 Å². The Morgan fingerprint density at radius 1 is 1.10 bits per heavy atom. The van der Waals surface area contributed by atoms with Gasteiger partial charge in [0.15, 0.2) is 0 Å². The van der Waals surface area contributed by atoms with E-state index in [1.54, 1.807) is 6.07 Å². The minimum atomic E-state index is -0.301. The van der Waals surface area contributed by atoms with Gasteiger partial charge in [0.1, 0.15) is 11.7 Å². The molecule has 0 fully saturated rings. The lowest BCUT2D eigenvalue weighted by atomic mass is 9.86. The van der Waals surface area contributed by atoms with E-state index in [4.69, 9.17) is 5.73 Å². The molecule has 1 heterocycles. The minimum absolute atomic E-state index is 0.0261. The van der Waals surface area contributed by atoms with E-state index in [0.717, 1.165) is 15.7 Å². The fourth-order valence-electron chi connectivity index (χ4n) is 2.43. The number of halogens is 2. The highest BCUT2D eigenvalue weighted by molar-refractivity contribution is 9.10. The molecule has 21 heavy (non-hydrogen) atoms. The van der Waals surface area contributed by atoms with Crippen LogP contribution in [-0.4, -0.2) is 11.5 Å². The molecule has 0 bridgehead atoms. The molecule has 2 aromatic carbocycles. The number of hydrogen-bond donors (Lipinski definition) is 1. The molecule has 0 saturated carbocycles. The van der Waals surface area contributed by atoms with Crippen molar-refractivity contribution in [3.8, 4) is 0 Å². The fourth-order valence-corrected chi connectivity index (χ4v) is 2.88. The van der Waals surface area contributed by atoms with Crippen molar-refractivity contribution in [2.24, 2.45) is 15.9 Å². The molecule has 1 atom stereocenters. The van der Waals surface area contributed by atoms with Crippen LogP contribution in [0.15, 0.2) is 63.2 Å². The molecule has 3 rings (SSSR count). The first-order valence-corrected chi connectivity index (χ1v) is 7.34. The zero-order valence-corrected chi connectivity index (χ0v) is 12.7. The van der Waals surface area contributed by atoms with Crippen LogP contribution in [0.5, 0.6) is 0 Å². The van der Waals surface area contributed by atoms with E-state index in [-0.39, 0.29) is 11.7 Å². The van der Waals surface area contributed by atoms with Crippen molar-refractivity contribution >= 4 is 27.5 Å². The fraction of sp³-hybridized carbons (Fsp3) is 0.125. The summed E-state index contributed by atoms with van der Waals surface area (Å²) in [6.45, 7) is 0. The summed E-state index contributed by atoms with van der Waals surface area (Å²) in [6, 6.07) is 14.5. The summed E-state index contributed by atoms with van der Waals surface area (Å²) in [5.41, 5.74) is 8.35. The van der Waals surface area contributed by atoms with Gasteiger partial charge in [0, 0.05) is 22.4 Å². The number of rotatable bonds is 2. The second-order valence-electron chi connectivity index (χ2n) is 4.87. The second-order valence-corrected chi connectivity index (χ2v) is 5.72. The van der Waals surface area contributed by atoms with Gasteiger partial charge >= 0.3 is 0 Å². The second kappa shape index (κ2) is 5.77. The maximum Gasteiger partial charge on any atom is 0.123 e. The summed E-state index contributed by atoms with van der Waals surface area (Å²) >= 11 is 3.45. The van der Waals surface area contributed by atoms with Crippen LogP contribution in [0.3, 0.4) is 0 Å². The van der Waals surface area contributed by atoms with Gasteiger partial charge in [-0.05, 0) is 23.8 Å². The van der Waals surface area contributed by atoms with Gasteiger partial charge in [0.2, 0.25) is 0 Å². The number of hydrogen-bond acceptors (Lipinski definition) is 3. The monoisotopic (exact) mass is 345 g/mol. The SMILES string of the molecule is NC1=NN=C(c2cc(F)ccc2Br)C(c2ccccc2)C1. The van der Waals surface area contributed by atoms with E-state index in [1.165, 1.54) is 12.1 Å². The lowest BCUT2D eigenvalue weighted by Gasteiger charge is -2.22. The molecule has 5 heteroatoms. The molecule has 0 aliphatic carbocycles. The zero-order valence-electron chi connectivity index (χ0n) is 11.1. The van der Waals surface area contributed by atoms with E-state index in [1.807, 2.05) is 30.3 Å². The first-order chi connectivity index (χ1) is 10.1. The molecule has 3 nitrogen and oxygen atoms in total. The van der Waals surface area contributed by atoms with Crippen LogP contribution in [0, 0.1) is 5.82 Å². The molecule has 1 aliphatic rings. The Morgan fingerprint density at radius 2 is 1.86 bits per heavy atom. The highest BCUT2D eigenvalue weighted by Crippen LogP contribution is 2.31. The highest BCUT2D eigenvalue weighted by Gasteiger charge is 2.26. The van der Waals surface area contributed by atoms with Gasteiger partial charge in [0.05, 0.1) is 5.71 Å². The molecule has 2 aromatic rings. The normalized spacial score (nSPS) is 18.1. The molecule has 1 aliphatic heterocycles. The van der Waals surface area contributed by atoms with Crippen LogP contribution in [0.25, 0.3) is 0 Å². The predicted octanol–water partition coefficient (Wildman–Crippen LogP) is 3.84. The Morgan fingerprint density at radius 3 is 2.62 bits per heavy atom. The van der Waals surface area contributed by atoms with Crippen LogP contribution in [0.2, 0.25) is 0 Å². The smallest absolute Gasteiger partial charge is 0.123 e. The summed E-state index contributed by atoms with van der Waals surface area (Å²) in [7, 11) is 0. The van der Waals surface area contributed by atoms with Crippen molar-refractivity contribution in [3.63, 3.8) is 0 Å². The van der Waals surface area contributed by atoms with Crippen LogP contribution in [0.1, 0.15) is 23.5 Å². The molecule has 1 unspecified atom stereocenters. The van der Waals surface area contributed by atoms with Crippen molar-refractivity contribution in [1.82, 2.24) is 0 Å². The highest BCUT2D eigenvalue weighted by atomic mass is 79.9. The molecular formula is C16H13BrFN3. The third-order valence-corrected chi connectivity index (χ3v) is 4.13. The van der Waals surface area contributed by atoms with Gasteiger partial charge in [-0.15, -0.1) is 5.10 Å². The van der Waals surface area contributed by atoms with Crippen molar-refractivity contribution in [2.45, 2.75) is 12.3 Å². The molecular weight excluding hydrogens is 333 g/mol. The molecule has 0 saturated heterocycles. The molecule has 0 radical (unpaired) electrons. The van der Waals surface area contributed by atoms with E-state index < -0.39 is 0 Å². The van der Waals surface area contributed by atoms with E-state index in [9.17, 15) is 4.39 Å². The van der Waals surface area contributed by atoms with E-state index in [0.29, 0.717) is 17.8 Å². The number of nitrogens with two attached hydrogens (primary N) is 1. The molecule has 106 valence electrons. The third-order valence-electron chi connectivity index (χ3n) is 3.44. The first kappa shape index (κ1) is 13.9. The Hall–Kier alpha value is -2.01. The van der Waals surface area contributed by atoms with E-state index >= 15 is 0 Å². The van der Waals surface area contributed by atoms with Crippen molar-refractivity contribution in [1.29, 1.82) is 0 Å². The first-order valence-electron chi connectivity index (χ1n) is 6.55. The zero-order chi connectivity index (χ0) is 14.8. The van der Waals surface area contributed by atoms with Crippen LogP contribution in [0.4, 0.5) is 4.39 Å². The summed E-state index contributed by atoms with van der Waals surface area (Å²) in [6.07, 6.45) is 0.575. The maximum absolute atomic E-state index is 13.6. The van der Waals surface area contributed by atoms with Gasteiger partial charge in [0.25, 0.3) is 0 Å². The summed E-state index contributed by atoms with van der Waals surface area (Å²) in [5.74, 6) is 0.159. The van der Waals surface area contributed by atoms with Gasteiger partial charge in [-0.1, -0.05) is 46.3 Å². The number of benzene rings is 2. The van der Waals surface area contributed by atoms with Crippen molar-refractivity contribution in [3.05, 3.63) is 69.9 Å². The minimum Gasteiger partial charge on any atom is -0.386 e. The quantitative estimate of drug-likeness (QED) is 0.883. The summed E-state index contributed by atoms with van der Waals surface area (Å²) < 4.78 is 14.4. The Balaban J connectivity index is 2.11. The van der Waals surface area contributed by atoms with Gasteiger partial charge in [-0.2, -0.15) is 5.10 Å². The number of amidine groups is 1. The van der Waals surface area contributed by atoms with Crippen molar-refractivity contribution < 1.29 is 4.39 Å². The third kappa shape index (κ3) is 2.88. The van der Waals surface area contributed by atoms with Crippen LogP contribution >= 0.6 is 15.9 Å². The lowest BCUT2D eigenvalue weighted by molar-refractivity contribution is 0.627. The standard InChI is InChI=1S/C16H13BrFN3/c17-14-7-6-11(18)8-13(14)16-12(9-15(19)20-21-16)10-4-2-1-3-5-10/h1-8,12H,9H2,(H2,19,20). The predicted molar refractivity (Wildman–Crippen MR) is 86.1 cm³/mol. The van der Waals surface area contributed by atoms with Crippen LogP contribution in [-0.2, 0) is 0 Å². The summed E-state index contributed by atoms with van der Waals surface area (Å²) in [5, 5.41) is 8.20. The van der Waals surface area contributed by atoms with Gasteiger partial charge in [-0.3, -0.25) is 0 Å².